The van der Waals surface area contributed by atoms with Crippen molar-refractivity contribution < 1.29 is 9.00 Å². The van der Waals surface area contributed by atoms with E-state index in [1.54, 1.807) is 22.8 Å². The summed E-state index contributed by atoms with van der Waals surface area (Å²) in [6, 6.07) is 0. The minimum absolute atomic E-state index is 0. The highest BCUT2D eigenvalue weighted by Crippen LogP contribution is 2.16. The summed E-state index contributed by atoms with van der Waals surface area (Å²) in [7, 11) is 2.61. The van der Waals surface area contributed by atoms with Crippen LogP contribution in [0.3, 0.4) is 0 Å². The molecule has 0 radical (unpaired) electrons. The Hall–Kier alpha value is -1.17. The number of carbonyl (C=O) groups is 1. The molecule has 10 heteroatoms. The van der Waals surface area contributed by atoms with E-state index in [0.29, 0.717) is 31.3 Å². The van der Waals surface area contributed by atoms with Crippen molar-refractivity contribution in [3.05, 3.63) is 12.4 Å². The van der Waals surface area contributed by atoms with Crippen LogP contribution in [0.5, 0.6) is 0 Å². The first kappa shape index (κ1) is 22.9. The van der Waals surface area contributed by atoms with E-state index in [9.17, 15) is 9.00 Å². The normalized spacial score (nSPS) is 17.1. The fraction of sp³-hybridized carbons (Fsp3) is 0.688. The minimum Gasteiger partial charge on any atom is -0.355 e. The second-order valence-electron chi connectivity index (χ2n) is 6.98. The third-order valence-corrected chi connectivity index (χ3v) is 5.93. The lowest BCUT2D eigenvalue weighted by molar-refractivity contribution is -0.120. The summed E-state index contributed by atoms with van der Waals surface area (Å²) in [4.78, 5) is 20.4. The molecular weight excluding hydrogens is 467 g/mol. The van der Waals surface area contributed by atoms with Crippen LogP contribution in [0.25, 0.3) is 0 Å². The molecule has 148 valence electrons. The molecule has 1 N–H and O–H groups in total. The molecule has 2 heterocycles. The molecule has 0 bridgehead atoms. The van der Waals surface area contributed by atoms with Crippen LogP contribution in [0, 0.1) is 0 Å². The number of carbonyl (C=O) groups excluding carboxylic acids is 1. The van der Waals surface area contributed by atoms with Crippen molar-refractivity contribution in [1.29, 1.82) is 0 Å². The van der Waals surface area contributed by atoms with Gasteiger partial charge in [0.25, 0.3) is 0 Å². The molecule has 1 amide bonds. The molecule has 1 aliphatic heterocycles. The molecule has 2 rings (SSSR count). The molecule has 8 nitrogen and oxygen atoms in total. The van der Waals surface area contributed by atoms with Gasteiger partial charge in [-0.1, -0.05) is 0 Å². The second kappa shape index (κ2) is 9.67. The fourth-order valence-electron chi connectivity index (χ4n) is 2.57. The summed E-state index contributed by atoms with van der Waals surface area (Å²) in [5.74, 6) is 1.23. The molecule has 26 heavy (non-hydrogen) atoms. The predicted octanol–water partition coefficient (Wildman–Crippen LogP) is 0.809. The van der Waals surface area contributed by atoms with Gasteiger partial charge in [0.1, 0.15) is 6.54 Å². The van der Waals surface area contributed by atoms with Crippen LogP contribution >= 0.6 is 24.0 Å². The molecule has 0 spiro atoms. The summed E-state index contributed by atoms with van der Waals surface area (Å²) in [5, 5.41) is 7.33. The number of piperazine rings is 1. The zero-order chi connectivity index (χ0) is 18.6. The third kappa shape index (κ3) is 5.93. The maximum atomic E-state index is 12.5. The second-order valence-corrected chi connectivity index (χ2v) is 9.30. The smallest absolute Gasteiger partial charge is 0.246 e. The van der Waals surface area contributed by atoms with Gasteiger partial charge in [-0.25, -0.2) is 0 Å². The van der Waals surface area contributed by atoms with E-state index in [1.165, 1.54) is 0 Å². The monoisotopic (exact) mass is 496 g/mol. The number of guanidine groups is 1. The average Bonchev–Trinajstić information content (AvgIpc) is 2.96. The largest absolute Gasteiger partial charge is 0.355 e. The summed E-state index contributed by atoms with van der Waals surface area (Å²) in [6.07, 6.45) is 3.53. The molecule has 0 saturated carbocycles. The number of aromatic nitrogens is 2. The van der Waals surface area contributed by atoms with Crippen LogP contribution in [0.1, 0.15) is 20.8 Å². The summed E-state index contributed by atoms with van der Waals surface area (Å²) in [5.41, 5.74) is 0.815. The molecule has 1 unspecified atom stereocenters. The Morgan fingerprint density at radius 2 is 2.08 bits per heavy atom. The van der Waals surface area contributed by atoms with E-state index in [1.807, 2.05) is 38.9 Å². The van der Waals surface area contributed by atoms with Gasteiger partial charge < -0.3 is 15.1 Å². The van der Waals surface area contributed by atoms with Crippen LogP contribution in [-0.2, 0) is 22.6 Å². The average molecular weight is 496 g/mol. The molecule has 1 aromatic rings. The highest BCUT2D eigenvalue weighted by Gasteiger charge is 2.27. The number of amides is 1. The molecule has 0 aliphatic carbocycles. The van der Waals surface area contributed by atoms with Gasteiger partial charge in [-0.05, 0) is 20.8 Å². The van der Waals surface area contributed by atoms with Crippen molar-refractivity contribution in [1.82, 2.24) is 20.0 Å². The maximum absolute atomic E-state index is 12.5. The molecule has 1 aromatic heterocycles. The number of rotatable bonds is 4. The number of hydrogen-bond acceptors (Lipinski definition) is 4. The van der Waals surface area contributed by atoms with Crippen molar-refractivity contribution in [3.8, 4) is 0 Å². The van der Waals surface area contributed by atoms with E-state index in [-0.39, 0.29) is 41.2 Å². The number of hydrogen-bond donors (Lipinski definition) is 1. The molecule has 1 fully saturated rings. The standard InChI is InChI=1S/C16H28N6O2S.HI/c1-16(2,3)25(24)9-6-18-15(17-4)21-7-8-22(14(23)12-21)13-10-19-20(5)11-13;/h10-11H,6-9,12H2,1-5H3,(H,17,18);1H. The Balaban J connectivity index is 0.00000338. The molecule has 0 aromatic carbocycles. The van der Waals surface area contributed by atoms with E-state index >= 15 is 0 Å². The Bertz CT molecular complexity index is 670. The van der Waals surface area contributed by atoms with Gasteiger partial charge in [-0.2, -0.15) is 5.10 Å². The van der Waals surface area contributed by atoms with Crippen LogP contribution < -0.4 is 10.2 Å². The zero-order valence-electron chi connectivity index (χ0n) is 16.1. The number of aliphatic imine (C=N–C) groups is 1. The van der Waals surface area contributed by atoms with Crippen molar-refractivity contribution in [3.63, 3.8) is 0 Å². The first-order chi connectivity index (χ1) is 11.7. The number of halogens is 1. The quantitative estimate of drug-likeness (QED) is 0.379. The first-order valence-corrected chi connectivity index (χ1v) is 9.67. The Morgan fingerprint density at radius 3 is 2.58 bits per heavy atom. The van der Waals surface area contributed by atoms with E-state index in [0.717, 1.165) is 5.69 Å². The predicted molar refractivity (Wildman–Crippen MR) is 117 cm³/mol. The number of aryl methyl sites for hydroxylation is 1. The lowest BCUT2D eigenvalue weighted by Crippen LogP contribution is -2.55. The lowest BCUT2D eigenvalue weighted by Gasteiger charge is -2.35. The van der Waals surface area contributed by atoms with Crippen LogP contribution in [0.4, 0.5) is 5.69 Å². The SMILES string of the molecule is CN=C(NCCS(=O)C(C)(C)C)N1CCN(c2cnn(C)c2)C(=O)C1.I. The van der Waals surface area contributed by atoms with E-state index < -0.39 is 10.8 Å². The minimum atomic E-state index is -0.916. The molecular formula is C16H29IN6O2S. The number of nitrogens with zero attached hydrogens (tertiary/aromatic N) is 5. The van der Waals surface area contributed by atoms with Gasteiger partial charge in [0, 0.05) is 61.2 Å². The molecule has 1 atom stereocenters. The van der Waals surface area contributed by atoms with Crippen molar-refractivity contribution in [2.45, 2.75) is 25.5 Å². The molecule has 1 aliphatic rings. The Morgan fingerprint density at radius 1 is 1.38 bits per heavy atom. The van der Waals surface area contributed by atoms with Gasteiger partial charge in [0.15, 0.2) is 5.96 Å². The van der Waals surface area contributed by atoms with Crippen LogP contribution in [0.2, 0.25) is 0 Å². The fourth-order valence-corrected chi connectivity index (χ4v) is 3.47. The van der Waals surface area contributed by atoms with Gasteiger partial charge in [0.05, 0.1) is 11.9 Å². The van der Waals surface area contributed by atoms with Crippen molar-refractivity contribution in [2.75, 3.05) is 43.9 Å². The molecule has 1 saturated heterocycles. The number of anilines is 1. The summed E-state index contributed by atoms with van der Waals surface area (Å²) < 4.78 is 13.6. The Kier molecular flexibility index (Phi) is 8.51. The van der Waals surface area contributed by atoms with Gasteiger partial charge in [0.2, 0.25) is 5.91 Å². The highest BCUT2D eigenvalue weighted by atomic mass is 127. The lowest BCUT2D eigenvalue weighted by atomic mass is 10.3. The van der Waals surface area contributed by atoms with Crippen molar-refractivity contribution in [2.24, 2.45) is 12.0 Å². The summed E-state index contributed by atoms with van der Waals surface area (Å²) in [6.45, 7) is 7.99. The first-order valence-electron chi connectivity index (χ1n) is 8.35. The Labute approximate surface area is 174 Å². The summed E-state index contributed by atoms with van der Waals surface area (Å²) >= 11 is 0. The zero-order valence-corrected chi connectivity index (χ0v) is 19.2. The van der Waals surface area contributed by atoms with E-state index in [4.69, 9.17) is 0 Å². The van der Waals surface area contributed by atoms with Crippen LogP contribution in [-0.4, -0.2) is 74.5 Å². The number of nitrogens with one attached hydrogen (secondary N) is 1. The van der Waals surface area contributed by atoms with E-state index in [2.05, 4.69) is 15.4 Å². The highest BCUT2D eigenvalue weighted by molar-refractivity contribution is 14.0. The third-order valence-electron chi connectivity index (χ3n) is 3.99. The van der Waals surface area contributed by atoms with Crippen molar-refractivity contribution >= 4 is 52.3 Å². The maximum Gasteiger partial charge on any atom is 0.246 e. The van der Waals surface area contributed by atoms with Gasteiger partial charge >= 0.3 is 0 Å². The van der Waals surface area contributed by atoms with Crippen LogP contribution in [0.15, 0.2) is 17.4 Å². The topological polar surface area (TPSA) is 82.8 Å². The van der Waals surface area contributed by atoms with Gasteiger partial charge in [-0.15, -0.1) is 24.0 Å². The van der Waals surface area contributed by atoms with Gasteiger partial charge in [-0.3, -0.25) is 18.7 Å².